The van der Waals surface area contributed by atoms with Gasteiger partial charge in [0.25, 0.3) is 0 Å². The molecule has 0 bridgehead atoms. The quantitative estimate of drug-likeness (QED) is 0.193. The standard InChI is InChI=1S/C24H50O4/c1-3-4-5-6-7-8-9-10-11-12-13-14-15-16-20-27-23-24(22-25)28-21-18-17-19-26-2/h24-25H,3-23H2,1-2H3/t24-/m0/s1. The maximum atomic E-state index is 9.32. The van der Waals surface area contributed by atoms with Crippen molar-refractivity contribution < 1.29 is 19.3 Å². The highest BCUT2D eigenvalue weighted by Crippen LogP contribution is 2.13. The van der Waals surface area contributed by atoms with Gasteiger partial charge < -0.3 is 19.3 Å². The van der Waals surface area contributed by atoms with Crippen LogP contribution in [-0.4, -0.2) is 51.4 Å². The van der Waals surface area contributed by atoms with Gasteiger partial charge in [-0.25, -0.2) is 0 Å². The second-order valence-electron chi connectivity index (χ2n) is 8.05. The molecule has 28 heavy (non-hydrogen) atoms. The number of unbranched alkanes of at least 4 members (excludes halogenated alkanes) is 14. The lowest BCUT2D eigenvalue weighted by Gasteiger charge is -2.15. The summed E-state index contributed by atoms with van der Waals surface area (Å²) in [5, 5.41) is 9.32. The third kappa shape index (κ3) is 22.1. The number of aliphatic hydroxyl groups is 1. The van der Waals surface area contributed by atoms with Gasteiger partial charge in [-0.3, -0.25) is 0 Å². The summed E-state index contributed by atoms with van der Waals surface area (Å²) in [4.78, 5) is 0. The summed E-state index contributed by atoms with van der Waals surface area (Å²) in [6, 6.07) is 0. The van der Waals surface area contributed by atoms with E-state index in [1.54, 1.807) is 7.11 Å². The van der Waals surface area contributed by atoms with E-state index < -0.39 is 0 Å². The first-order valence-electron chi connectivity index (χ1n) is 12.1. The lowest BCUT2D eigenvalue weighted by molar-refractivity contribution is -0.0444. The van der Waals surface area contributed by atoms with E-state index in [1.165, 1.54) is 83.5 Å². The molecule has 0 aliphatic carbocycles. The predicted molar refractivity (Wildman–Crippen MR) is 119 cm³/mol. The number of hydrogen-bond acceptors (Lipinski definition) is 4. The van der Waals surface area contributed by atoms with Crippen molar-refractivity contribution in [3.05, 3.63) is 0 Å². The van der Waals surface area contributed by atoms with Crippen LogP contribution in [0.4, 0.5) is 0 Å². The smallest absolute Gasteiger partial charge is 0.104 e. The lowest BCUT2D eigenvalue weighted by Crippen LogP contribution is -2.25. The summed E-state index contributed by atoms with van der Waals surface area (Å²) < 4.78 is 16.3. The third-order valence-corrected chi connectivity index (χ3v) is 5.25. The van der Waals surface area contributed by atoms with Gasteiger partial charge in [0.2, 0.25) is 0 Å². The lowest BCUT2D eigenvalue weighted by atomic mass is 10.0. The highest BCUT2D eigenvalue weighted by atomic mass is 16.5. The van der Waals surface area contributed by atoms with Gasteiger partial charge in [0, 0.05) is 26.9 Å². The predicted octanol–water partition coefficient (Wildman–Crippen LogP) is 6.29. The molecule has 1 atom stereocenters. The summed E-state index contributed by atoms with van der Waals surface area (Å²) in [6.07, 6.45) is 21.0. The van der Waals surface area contributed by atoms with Crippen molar-refractivity contribution in [2.75, 3.05) is 40.1 Å². The van der Waals surface area contributed by atoms with Gasteiger partial charge in [0.05, 0.1) is 13.2 Å². The summed E-state index contributed by atoms with van der Waals surface area (Å²) in [5.74, 6) is 0. The normalized spacial score (nSPS) is 12.5. The van der Waals surface area contributed by atoms with E-state index in [9.17, 15) is 5.11 Å². The van der Waals surface area contributed by atoms with Gasteiger partial charge in [-0.05, 0) is 19.3 Å². The van der Waals surface area contributed by atoms with Gasteiger partial charge in [0.1, 0.15) is 6.10 Å². The van der Waals surface area contributed by atoms with Crippen molar-refractivity contribution in [2.45, 2.75) is 116 Å². The molecule has 0 unspecified atom stereocenters. The van der Waals surface area contributed by atoms with Gasteiger partial charge in [-0.15, -0.1) is 0 Å². The number of ether oxygens (including phenoxy) is 3. The first-order valence-corrected chi connectivity index (χ1v) is 12.1. The molecule has 0 aromatic carbocycles. The molecule has 0 rings (SSSR count). The van der Waals surface area contributed by atoms with E-state index in [0.717, 1.165) is 32.5 Å². The third-order valence-electron chi connectivity index (χ3n) is 5.25. The zero-order valence-electron chi connectivity index (χ0n) is 19.1. The van der Waals surface area contributed by atoms with Gasteiger partial charge in [0.15, 0.2) is 0 Å². The van der Waals surface area contributed by atoms with Crippen LogP contribution in [-0.2, 0) is 14.2 Å². The van der Waals surface area contributed by atoms with Crippen molar-refractivity contribution in [1.29, 1.82) is 0 Å². The van der Waals surface area contributed by atoms with Gasteiger partial charge in [-0.1, -0.05) is 90.4 Å². The second-order valence-corrected chi connectivity index (χ2v) is 8.05. The fourth-order valence-corrected chi connectivity index (χ4v) is 3.37. The van der Waals surface area contributed by atoms with E-state index in [-0.39, 0.29) is 12.7 Å². The molecule has 0 aliphatic rings. The fraction of sp³-hybridized carbons (Fsp3) is 1.00. The number of methoxy groups -OCH3 is 1. The molecule has 0 aromatic rings. The van der Waals surface area contributed by atoms with Crippen molar-refractivity contribution in [3.8, 4) is 0 Å². The molecular weight excluding hydrogens is 352 g/mol. The molecule has 0 radical (unpaired) electrons. The van der Waals surface area contributed by atoms with Crippen LogP contribution < -0.4 is 0 Å². The highest BCUT2D eigenvalue weighted by Gasteiger charge is 2.07. The van der Waals surface area contributed by atoms with E-state index in [1.807, 2.05) is 0 Å². The minimum atomic E-state index is -0.186. The highest BCUT2D eigenvalue weighted by molar-refractivity contribution is 4.55. The Morgan fingerprint density at radius 1 is 0.607 bits per heavy atom. The van der Waals surface area contributed by atoms with Gasteiger partial charge >= 0.3 is 0 Å². The van der Waals surface area contributed by atoms with Crippen molar-refractivity contribution in [3.63, 3.8) is 0 Å². The number of aliphatic hydroxyl groups excluding tert-OH is 1. The largest absolute Gasteiger partial charge is 0.394 e. The Labute approximate surface area is 175 Å². The Kier molecular flexibility index (Phi) is 24.7. The Morgan fingerprint density at radius 2 is 1.07 bits per heavy atom. The van der Waals surface area contributed by atoms with Crippen molar-refractivity contribution >= 4 is 0 Å². The summed E-state index contributed by atoms with van der Waals surface area (Å²) >= 11 is 0. The monoisotopic (exact) mass is 402 g/mol. The van der Waals surface area contributed by atoms with E-state index >= 15 is 0 Å². The van der Waals surface area contributed by atoms with E-state index in [2.05, 4.69) is 6.92 Å². The molecule has 0 aliphatic heterocycles. The minimum Gasteiger partial charge on any atom is -0.394 e. The molecule has 0 spiro atoms. The molecule has 0 amide bonds. The summed E-state index contributed by atoms with van der Waals surface area (Å²) in [5.41, 5.74) is 0. The van der Waals surface area contributed by atoms with Crippen LogP contribution in [0.25, 0.3) is 0 Å². The first-order chi connectivity index (χ1) is 13.8. The topological polar surface area (TPSA) is 47.9 Å². The molecule has 4 heteroatoms. The zero-order valence-corrected chi connectivity index (χ0v) is 19.1. The second kappa shape index (κ2) is 24.9. The molecule has 0 aromatic heterocycles. The molecule has 170 valence electrons. The van der Waals surface area contributed by atoms with Crippen molar-refractivity contribution in [1.82, 2.24) is 0 Å². The maximum Gasteiger partial charge on any atom is 0.104 e. The summed E-state index contributed by atoms with van der Waals surface area (Å²) in [6.45, 7) is 5.02. The maximum absolute atomic E-state index is 9.32. The van der Waals surface area contributed by atoms with Crippen LogP contribution in [0.5, 0.6) is 0 Å². The molecule has 1 N–H and O–H groups in total. The van der Waals surface area contributed by atoms with Crippen molar-refractivity contribution in [2.24, 2.45) is 0 Å². The molecular formula is C24H50O4. The average molecular weight is 403 g/mol. The Morgan fingerprint density at radius 3 is 1.57 bits per heavy atom. The van der Waals surface area contributed by atoms with E-state index in [4.69, 9.17) is 14.2 Å². The molecule has 0 saturated carbocycles. The van der Waals surface area contributed by atoms with Crippen LogP contribution in [0.15, 0.2) is 0 Å². The van der Waals surface area contributed by atoms with Gasteiger partial charge in [-0.2, -0.15) is 0 Å². The molecule has 0 fully saturated rings. The molecule has 0 saturated heterocycles. The van der Waals surface area contributed by atoms with Crippen LogP contribution in [0.3, 0.4) is 0 Å². The fourth-order valence-electron chi connectivity index (χ4n) is 3.37. The number of rotatable bonds is 24. The molecule has 4 nitrogen and oxygen atoms in total. The average Bonchev–Trinajstić information content (AvgIpc) is 2.71. The summed E-state index contributed by atoms with van der Waals surface area (Å²) in [7, 11) is 1.71. The molecule has 0 heterocycles. The zero-order chi connectivity index (χ0) is 20.5. The van der Waals surface area contributed by atoms with Crippen LogP contribution in [0, 0.1) is 0 Å². The first kappa shape index (κ1) is 27.8. The van der Waals surface area contributed by atoms with Crippen LogP contribution >= 0.6 is 0 Å². The Hall–Kier alpha value is -0.160. The van der Waals surface area contributed by atoms with Crippen LogP contribution in [0.1, 0.15) is 110 Å². The SMILES string of the molecule is CCCCCCCCCCCCCCCCOC[C@H](CO)OCCCCOC. The minimum absolute atomic E-state index is 0.0308. The van der Waals surface area contributed by atoms with Crippen LogP contribution in [0.2, 0.25) is 0 Å². The Bertz CT molecular complexity index is 273. The Balaban J connectivity index is 3.19. The number of hydrogen-bond donors (Lipinski definition) is 1. The van der Waals surface area contributed by atoms with E-state index in [0.29, 0.717) is 13.2 Å².